The van der Waals surface area contributed by atoms with E-state index < -0.39 is 5.60 Å². The lowest BCUT2D eigenvalue weighted by molar-refractivity contribution is 0.110. The quantitative estimate of drug-likeness (QED) is 0.713. The van der Waals surface area contributed by atoms with Crippen LogP contribution in [-0.2, 0) is 6.42 Å². The first-order valence-electron chi connectivity index (χ1n) is 4.32. The fourth-order valence-corrected chi connectivity index (χ4v) is 1.09. The maximum absolute atomic E-state index is 9.42. The average Bonchev–Trinajstić information content (AvgIpc) is 2.17. The molecule has 0 radical (unpaired) electrons. The second-order valence-corrected chi connectivity index (χ2v) is 3.37. The van der Waals surface area contributed by atoms with Crippen LogP contribution in [0.3, 0.4) is 0 Å². The van der Waals surface area contributed by atoms with Gasteiger partial charge in [-0.05, 0) is 25.3 Å². The predicted octanol–water partition coefficient (Wildman–Crippen LogP) is 1.89. The van der Waals surface area contributed by atoms with Crippen molar-refractivity contribution in [3.63, 3.8) is 0 Å². The normalized spacial score (nSPS) is 14.5. The maximum Gasteiger partial charge on any atom is 0.148 e. The number of aryl methyl sites for hydroxylation is 1. The fourth-order valence-electron chi connectivity index (χ4n) is 1.09. The van der Waals surface area contributed by atoms with Crippen LogP contribution in [0.5, 0.6) is 0 Å². The van der Waals surface area contributed by atoms with Gasteiger partial charge in [-0.15, -0.1) is 0 Å². The van der Waals surface area contributed by atoms with Crippen LogP contribution in [0, 0.1) is 11.3 Å². The number of benzene rings is 1. The van der Waals surface area contributed by atoms with Crippen molar-refractivity contribution in [2.45, 2.75) is 25.4 Å². The number of nitrogens with zero attached hydrogens (tertiary/aromatic N) is 1. The molecule has 1 N–H and O–H groups in total. The maximum atomic E-state index is 9.42. The van der Waals surface area contributed by atoms with Crippen molar-refractivity contribution < 1.29 is 5.11 Å². The topological polar surface area (TPSA) is 44.0 Å². The van der Waals surface area contributed by atoms with E-state index in [1.54, 1.807) is 0 Å². The van der Waals surface area contributed by atoms with Gasteiger partial charge in [-0.1, -0.05) is 30.3 Å². The van der Waals surface area contributed by atoms with Crippen LogP contribution in [0.2, 0.25) is 0 Å². The summed E-state index contributed by atoms with van der Waals surface area (Å²) in [4.78, 5) is 0. The van der Waals surface area contributed by atoms with Crippen molar-refractivity contribution in [2.24, 2.45) is 0 Å². The first-order chi connectivity index (χ1) is 6.14. The van der Waals surface area contributed by atoms with Crippen molar-refractivity contribution >= 4 is 0 Å². The zero-order chi connectivity index (χ0) is 9.73. The molecule has 0 aliphatic rings. The van der Waals surface area contributed by atoms with Gasteiger partial charge in [-0.3, -0.25) is 0 Å². The molecule has 0 amide bonds. The van der Waals surface area contributed by atoms with E-state index in [9.17, 15) is 5.11 Å². The number of rotatable bonds is 3. The van der Waals surface area contributed by atoms with Gasteiger partial charge in [0.15, 0.2) is 0 Å². The van der Waals surface area contributed by atoms with Gasteiger partial charge in [-0.2, -0.15) is 5.26 Å². The van der Waals surface area contributed by atoms with E-state index in [4.69, 9.17) is 5.26 Å². The Balaban J connectivity index is 2.50. The third-order valence-corrected chi connectivity index (χ3v) is 1.98. The van der Waals surface area contributed by atoms with Gasteiger partial charge < -0.3 is 5.11 Å². The molecule has 0 aliphatic heterocycles. The zero-order valence-electron chi connectivity index (χ0n) is 7.70. The Labute approximate surface area is 78.4 Å². The second kappa shape index (κ2) is 4.06. The van der Waals surface area contributed by atoms with Crippen LogP contribution in [0.4, 0.5) is 0 Å². The summed E-state index contributed by atoms with van der Waals surface area (Å²) in [6, 6.07) is 11.7. The summed E-state index contributed by atoms with van der Waals surface area (Å²) in [7, 11) is 0. The highest BCUT2D eigenvalue weighted by molar-refractivity contribution is 5.15. The van der Waals surface area contributed by atoms with Crippen LogP contribution in [0.15, 0.2) is 30.3 Å². The van der Waals surface area contributed by atoms with E-state index in [2.05, 4.69) is 0 Å². The first kappa shape index (κ1) is 9.76. The van der Waals surface area contributed by atoms with Crippen molar-refractivity contribution in [3.05, 3.63) is 35.9 Å². The molecule has 13 heavy (non-hydrogen) atoms. The Morgan fingerprint density at radius 1 is 1.38 bits per heavy atom. The van der Waals surface area contributed by atoms with E-state index >= 15 is 0 Å². The van der Waals surface area contributed by atoms with E-state index in [1.165, 1.54) is 6.92 Å². The summed E-state index contributed by atoms with van der Waals surface area (Å²) in [6.07, 6.45) is 1.22. The van der Waals surface area contributed by atoms with Crippen LogP contribution in [-0.4, -0.2) is 10.7 Å². The Morgan fingerprint density at radius 3 is 2.54 bits per heavy atom. The monoisotopic (exact) mass is 175 g/mol. The molecule has 0 bridgehead atoms. The van der Waals surface area contributed by atoms with Gasteiger partial charge in [-0.25, -0.2) is 0 Å². The molecule has 0 heterocycles. The minimum absolute atomic E-state index is 0.480. The highest BCUT2D eigenvalue weighted by Crippen LogP contribution is 2.12. The highest BCUT2D eigenvalue weighted by atomic mass is 16.3. The van der Waals surface area contributed by atoms with Crippen molar-refractivity contribution in [1.82, 2.24) is 0 Å². The molecular formula is C11H13NO. The Morgan fingerprint density at radius 2 is 2.00 bits per heavy atom. The first-order valence-corrected chi connectivity index (χ1v) is 4.32. The molecule has 0 saturated carbocycles. The number of aliphatic hydroxyl groups is 1. The largest absolute Gasteiger partial charge is 0.376 e. The van der Waals surface area contributed by atoms with Gasteiger partial charge in [0, 0.05) is 0 Å². The molecule has 1 rings (SSSR count). The lowest BCUT2D eigenvalue weighted by atomic mass is 9.98. The summed E-state index contributed by atoms with van der Waals surface area (Å²) in [5.74, 6) is 0. The Hall–Kier alpha value is -1.33. The number of hydrogen-bond acceptors (Lipinski definition) is 2. The van der Waals surface area contributed by atoms with Gasteiger partial charge in [0.1, 0.15) is 5.60 Å². The zero-order valence-corrected chi connectivity index (χ0v) is 7.70. The molecule has 68 valence electrons. The minimum atomic E-state index is -1.20. The van der Waals surface area contributed by atoms with Crippen molar-refractivity contribution in [1.29, 1.82) is 5.26 Å². The van der Waals surface area contributed by atoms with Crippen LogP contribution < -0.4 is 0 Å². The SMILES string of the molecule is C[C@@](O)(C#N)CCc1ccccc1. The molecule has 0 aliphatic carbocycles. The lowest BCUT2D eigenvalue weighted by Crippen LogP contribution is -2.21. The third-order valence-electron chi connectivity index (χ3n) is 1.98. The molecule has 2 nitrogen and oxygen atoms in total. The highest BCUT2D eigenvalue weighted by Gasteiger charge is 2.18. The molecule has 0 fully saturated rings. The fraction of sp³-hybridized carbons (Fsp3) is 0.364. The third kappa shape index (κ3) is 3.27. The van der Waals surface area contributed by atoms with E-state index in [-0.39, 0.29) is 0 Å². The Bertz CT molecular complexity index is 298. The van der Waals surface area contributed by atoms with Crippen molar-refractivity contribution in [2.75, 3.05) is 0 Å². The molecule has 0 unspecified atom stereocenters. The van der Waals surface area contributed by atoms with Crippen LogP contribution in [0.25, 0.3) is 0 Å². The summed E-state index contributed by atoms with van der Waals surface area (Å²) >= 11 is 0. The van der Waals surface area contributed by atoms with Gasteiger partial charge >= 0.3 is 0 Å². The number of hydrogen-bond donors (Lipinski definition) is 1. The molecule has 1 atom stereocenters. The van der Waals surface area contributed by atoms with Gasteiger partial charge in [0.25, 0.3) is 0 Å². The second-order valence-electron chi connectivity index (χ2n) is 3.37. The molecule has 2 heteroatoms. The predicted molar refractivity (Wildman–Crippen MR) is 51.0 cm³/mol. The van der Waals surface area contributed by atoms with Gasteiger partial charge in [0.05, 0.1) is 6.07 Å². The molecule has 0 aromatic heterocycles. The molecule has 1 aromatic carbocycles. The van der Waals surface area contributed by atoms with E-state index in [0.717, 1.165) is 12.0 Å². The van der Waals surface area contributed by atoms with Crippen LogP contribution >= 0.6 is 0 Å². The number of nitriles is 1. The van der Waals surface area contributed by atoms with Crippen molar-refractivity contribution in [3.8, 4) is 6.07 Å². The Kier molecular flexibility index (Phi) is 3.05. The molecule has 0 saturated heterocycles. The smallest absolute Gasteiger partial charge is 0.148 e. The average molecular weight is 175 g/mol. The van der Waals surface area contributed by atoms with E-state index in [0.29, 0.717) is 6.42 Å². The summed E-state index contributed by atoms with van der Waals surface area (Å²) in [5, 5.41) is 18.0. The van der Waals surface area contributed by atoms with E-state index in [1.807, 2.05) is 36.4 Å². The summed E-state index contributed by atoms with van der Waals surface area (Å²) < 4.78 is 0. The minimum Gasteiger partial charge on any atom is -0.376 e. The summed E-state index contributed by atoms with van der Waals surface area (Å²) in [5.41, 5.74) is -0.0476. The lowest BCUT2D eigenvalue weighted by Gasteiger charge is -2.13. The summed E-state index contributed by atoms with van der Waals surface area (Å²) in [6.45, 7) is 1.54. The standard InChI is InChI=1S/C11H13NO/c1-11(13,9-12)8-7-10-5-3-2-4-6-10/h2-6,13H,7-8H2,1H3/t11-/m0/s1. The molecule has 0 spiro atoms. The van der Waals surface area contributed by atoms with Crippen LogP contribution in [0.1, 0.15) is 18.9 Å². The van der Waals surface area contributed by atoms with Gasteiger partial charge in [0.2, 0.25) is 0 Å². The molecular weight excluding hydrogens is 162 g/mol. The molecule has 1 aromatic rings.